The SMILES string of the molecule is CC(C)Cn1cnc(-c2ccc(Br)cc2Cl)c1N. The lowest BCUT2D eigenvalue weighted by molar-refractivity contribution is 0.527. The van der Waals surface area contributed by atoms with Crippen LogP contribution in [-0.2, 0) is 6.54 Å². The monoisotopic (exact) mass is 327 g/mol. The molecule has 0 aliphatic heterocycles. The fourth-order valence-corrected chi connectivity index (χ4v) is 2.58. The van der Waals surface area contributed by atoms with Gasteiger partial charge in [0.2, 0.25) is 0 Å². The molecule has 96 valence electrons. The molecular formula is C13H15BrClN3. The molecule has 0 aliphatic carbocycles. The smallest absolute Gasteiger partial charge is 0.131 e. The zero-order chi connectivity index (χ0) is 13.3. The van der Waals surface area contributed by atoms with Crippen LogP contribution in [0.15, 0.2) is 29.0 Å². The molecule has 18 heavy (non-hydrogen) atoms. The van der Waals surface area contributed by atoms with Gasteiger partial charge >= 0.3 is 0 Å². The fourth-order valence-electron chi connectivity index (χ4n) is 1.82. The standard InChI is InChI=1S/C13H15BrClN3/c1-8(2)6-18-7-17-12(13(18)16)10-4-3-9(14)5-11(10)15/h3-5,7-8H,6,16H2,1-2H3. The minimum absolute atomic E-state index is 0.523. The average Bonchev–Trinajstić information content (AvgIpc) is 2.60. The van der Waals surface area contributed by atoms with Crippen LogP contribution >= 0.6 is 27.5 Å². The summed E-state index contributed by atoms with van der Waals surface area (Å²) in [5.41, 5.74) is 7.73. The second-order valence-electron chi connectivity index (χ2n) is 4.65. The van der Waals surface area contributed by atoms with Crippen LogP contribution in [0.3, 0.4) is 0 Å². The number of hydrogen-bond acceptors (Lipinski definition) is 2. The number of aromatic nitrogens is 2. The van der Waals surface area contributed by atoms with E-state index < -0.39 is 0 Å². The average molecular weight is 329 g/mol. The molecule has 0 atom stereocenters. The summed E-state index contributed by atoms with van der Waals surface area (Å²) in [6, 6.07) is 5.70. The number of anilines is 1. The van der Waals surface area contributed by atoms with Crippen molar-refractivity contribution in [3.63, 3.8) is 0 Å². The Bertz CT molecular complexity index is 563. The maximum atomic E-state index is 6.22. The molecule has 0 fully saturated rings. The maximum Gasteiger partial charge on any atom is 0.131 e. The summed E-state index contributed by atoms with van der Waals surface area (Å²) in [5, 5.41) is 0.644. The van der Waals surface area contributed by atoms with Crippen LogP contribution < -0.4 is 5.73 Å². The van der Waals surface area contributed by atoms with Crippen molar-refractivity contribution in [1.29, 1.82) is 0 Å². The zero-order valence-electron chi connectivity index (χ0n) is 10.3. The number of nitrogen functional groups attached to an aromatic ring is 1. The van der Waals surface area contributed by atoms with Gasteiger partial charge < -0.3 is 10.3 Å². The molecule has 1 aromatic carbocycles. The highest BCUT2D eigenvalue weighted by Crippen LogP contribution is 2.32. The summed E-state index contributed by atoms with van der Waals surface area (Å²) >= 11 is 9.60. The van der Waals surface area contributed by atoms with E-state index in [1.54, 1.807) is 6.33 Å². The van der Waals surface area contributed by atoms with Crippen molar-refractivity contribution in [3.8, 4) is 11.3 Å². The minimum Gasteiger partial charge on any atom is -0.383 e. The van der Waals surface area contributed by atoms with Gasteiger partial charge in [-0.05, 0) is 18.1 Å². The first-order chi connectivity index (χ1) is 8.49. The largest absolute Gasteiger partial charge is 0.383 e. The van der Waals surface area contributed by atoms with Gasteiger partial charge in [-0.15, -0.1) is 0 Å². The van der Waals surface area contributed by atoms with E-state index in [-0.39, 0.29) is 0 Å². The second kappa shape index (κ2) is 5.33. The van der Waals surface area contributed by atoms with Crippen molar-refractivity contribution in [3.05, 3.63) is 34.0 Å². The Morgan fingerprint density at radius 3 is 2.78 bits per heavy atom. The number of rotatable bonds is 3. The molecule has 0 radical (unpaired) electrons. The van der Waals surface area contributed by atoms with Crippen molar-refractivity contribution in [2.24, 2.45) is 5.92 Å². The van der Waals surface area contributed by atoms with Gasteiger partial charge in [-0.2, -0.15) is 0 Å². The minimum atomic E-state index is 0.523. The first-order valence-corrected chi connectivity index (χ1v) is 6.92. The van der Waals surface area contributed by atoms with Crippen molar-refractivity contribution < 1.29 is 0 Å². The molecule has 0 aliphatic rings. The van der Waals surface area contributed by atoms with Crippen LogP contribution in [0.2, 0.25) is 5.02 Å². The van der Waals surface area contributed by atoms with Crippen molar-refractivity contribution in [1.82, 2.24) is 9.55 Å². The van der Waals surface area contributed by atoms with Gasteiger partial charge in [0, 0.05) is 16.6 Å². The number of nitrogens with zero attached hydrogens (tertiary/aromatic N) is 2. The molecule has 0 unspecified atom stereocenters. The molecule has 3 nitrogen and oxygen atoms in total. The molecular weight excluding hydrogens is 314 g/mol. The van der Waals surface area contributed by atoms with E-state index >= 15 is 0 Å². The van der Waals surface area contributed by atoms with E-state index in [0.717, 1.165) is 22.3 Å². The molecule has 5 heteroatoms. The Morgan fingerprint density at radius 1 is 1.44 bits per heavy atom. The van der Waals surface area contributed by atoms with Crippen LogP contribution in [-0.4, -0.2) is 9.55 Å². The number of nitrogens with two attached hydrogens (primary N) is 1. The quantitative estimate of drug-likeness (QED) is 0.917. The number of hydrogen-bond donors (Lipinski definition) is 1. The zero-order valence-corrected chi connectivity index (χ0v) is 12.7. The fraction of sp³-hybridized carbons (Fsp3) is 0.308. The molecule has 0 amide bonds. The Morgan fingerprint density at radius 2 is 2.17 bits per heavy atom. The lowest BCUT2D eigenvalue weighted by Crippen LogP contribution is -2.06. The van der Waals surface area contributed by atoms with Gasteiger partial charge in [0.25, 0.3) is 0 Å². The van der Waals surface area contributed by atoms with Crippen molar-refractivity contribution in [2.45, 2.75) is 20.4 Å². The molecule has 0 saturated heterocycles. The molecule has 0 spiro atoms. The third kappa shape index (κ3) is 2.70. The number of imidazole rings is 1. The number of halogens is 2. The van der Waals surface area contributed by atoms with Crippen LogP contribution in [0.5, 0.6) is 0 Å². The Kier molecular flexibility index (Phi) is 3.97. The summed E-state index contributed by atoms with van der Waals surface area (Å²) in [4.78, 5) is 4.37. The topological polar surface area (TPSA) is 43.8 Å². The Labute approximate surface area is 120 Å². The molecule has 2 aromatic rings. The first kappa shape index (κ1) is 13.4. The first-order valence-electron chi connectivity index (χ1n) is 5.75. The molecule has 2 N–H and O–H groups in total. The summed E-state index contributed by atoms with van der Waals surface area (Å²) in [7, 11) is 0. The van der Waals surface area contributed by atoms with Gasteiger partial charge in [-0.25, -0.2) is 4.98 Å². The molecule has 1 heterocycles. The second-order valence-corrected chi connectivity index (χ2v) is 5.97. The molecule has 1 aromatic heterocycles. The highest BCUT2D eigenvalue weighted by atomic mass is 79.9. The van der Waals surface area contributed by atoms with Gasteiger partial charge in [0.1, 0.15) is 11.5 Å². The van der Waals surface area contributed by atoms with Crippen LogP contribution in [0, 0.1) is 5.92 Å². The van der Waals surface area contributed by atoms with E-state index in [9.17, 15) is 0 Å². The van der Waals surface area contributed by atoms with Crippen molar-refractivity contribution >= 4 is 33.3 Å². The Balaban J connectivity index is 2.42. The predicted molar refractivity (Wildman–Crippen MR) is 79.6 cm³/mol. The highest BCUT2D eigenvalue weighted by molar-refractivity contribution is 9.10. The summed E-state index contributed by atoms with van der Waals surface area (Å²) in [6.07, 6.45) is 1.77. The van der Waals surface area contributed by atoms with Gasteiger partial charge in [-0.3, -0.25) is 0 Å². The summed E-state index contributed by atoms with van der Waals surface area (Å²) in [6.45, 7) is 5.14. The molecule has 0 bridgehead atoms. The maximum absolute atomic E-state index is 6.22. The highest BCUT2D eigenvalue weighted by Gasteiger charge is 2.13. The van der Waals surface area contributed by atoms with Crippen LogP contribution in [0.1, 0.15) is 13.8 Å². The molecule has 0 saturated carbocycles. The Hall–Kier alpha value is -1.00. The predicted octanol–water partition coefficient (Wildman–Crippen LogP) is 4.20. The number of benzene rings is 1. The molecule has 2 rings (SSSR count). The summed E-state index contributed by atoms with van der Waals surface area (Å²) < 4.78 is 2.90. The van der Waals surface area contributed by atoms with Gasteiger partial charge in [0.05, 0.1) is 11.3 Å². The van der Waals surface area contributed by atoms with Crippen LogP contribution in [0.25, 0.3) is 11.3 Å². The van der Waals surface area contributed by atoms with E-state index in [2.05, 4.69) is 34.8 Å². The normalized spacial score (nSPS) is 11.2. The third-order valence-corrected chi connectivity index (χ3v) is 3.43. The lowest BCUT2D eigenvalue weighted by atomic mass is 10.1. The van der Waals surface area contributed by atoms with E-state index in [0.29, 0.717) is 16.8 Å². The van der Waals surface area contributed by atoms with Crippen LogP contribution in [0.4, 0.5) is 5.82 Å². The lowest BCUT2D eigenvalue weighted by Gasteiger charge is -2.09. The van der Waals surface area contributed by atoms with Gasteiger partial charge in [-0.1, -0.05) is 47.4 Å². The summed E-state index contributed by atoms with van der Waals surface area (Å²) in [5.74, 6) is 1.18. The van der Waals surface area contributed by atoms with Gasteiger partial charge in [0.15, 0.2) is 0 Å². The van der Waals surface area contributed by atoms with E-state index in [4.69, 9.17) is 17.3 Å². The third-order valence-electron chi connectivity index (χ3n) is 2.63. The van der Waals surface area contributed by atoms with Crippen molar-refractivity contribution in [2.75, 3.05) is 5.73 Å². The van der Waals surface area contributed by atoms with E-state index in [1.807, 2.05) is 22.8 Å². The van der Waals surface area contributed by atoms with E-state index in [1.165, 1.54) is 0 Å².